The summed E-state index contributed by atoms with van der Waals surface area (Å²) in [6.45, 7) is 22.8. The van der Waals surface area contributed by atoms with Crippen LogP contribution in [0, 0.1) is 30.6 Å². The van der Waals surface area contributed by atoms with Gasteiger partial charge < -0.3 is 47.1 Å². The molecule has 2 amide bonds. The zero-order chi connectivity index (χ0) is 64.8. The van der Waals surface area contributed by atoms with Gasteiger partial charge in [-0.25, -0.2) is 14.4 Å². The molecule has 2 aliphatic carbocycles. The van der Waals surface area contributed by atoms with Crippen LogP contribution in [0.2, 0.25) is 0 Å². The van der Waals surface area contributed by atoms with Crippen molar-refractivity contribution < 1.29 is 54.0 Å². The predicted octanol–water partition coefficient (Wildman–Crippen LogP) is 10.6. The number of Topliss-reactive ketones (excluding diaryl/α,β-unsaturated/α-hetero) is 1. The Kier molecular flexibility index (Phi) is 28.0. The molecule has 8 rings (SSSR count). The van der Waals surface area contributed by atoms with Crippen LogP contribution in [0.25, 0.3) is 5.57 Å². The summed E-state index contributed by atoms with van der Waals surface area (Å²) in [7, 11) is 0. The first-order valence-electron chi connectivity index (χ1n) is 30.3. The molecule has 17 heteroatoms. The van der Waals surface area contributed by atoms with Gasteiger partial charge in [-0.15, -0.1) is 11.3 Å². The number of aliphatic hydroxyl groups excluding tert-OH is 4. The number of phenolic OH excluding ortho intramolecular Hbond substituents is 1. The van der Waals surface area contributed by atoms with E-state index in [2.05, 4.69) is 134 Å². The van der Waals surface area contributed by atoms with Crippen molar-refractivity contribution in [3.8, 4) is 5.75 Å². The van der Waals surface area contributed by atoms with Gasteiger partial charge in [-0.1, -0.05) is 108 Å². The summed E-state index contributed by atoms with van der Waals surface area (Å²) in [6, 6.07) is 21.2. The maximum atomic E-state index is 13.3. The highest BCUT2D eigenvalue weighted by Gasteiger charge is 2.33. The Bertz CT molecular complexity index is 3390. The van der Waals surface area contributed by atoms with Gasteiger partial charge in [0.2, 0.25) is 5.78 Å². The molecule has 2 bridgehead atoms. The number of aliphatic imine (C=N–C) groups is 1. The number of carbonyl (C=O) groups excluding carboxylic acids is 4. The number of thiazole rings is 1. The monoisotopic (exact) mass is 1220 g/mol. The Morgan fingerprint density at radius 3 is 2.16 bits per heavy atom. The standard InChI is InChI=1S/C29H40N2O9.C29H35NO.C11H8N2S.C2H7N/c1-15-8-20(13-33)25(36)17(3)10-18(4)27(40-29(30)39)19(12-32)7-5-6-16(2)28(38)31-23-11-24(35)22(14-34)21(9-15)26(23)37;1-7-22-10-12-23(13-11-22)29(24-14-16-25(17-15-24)30(8-2)9-3)27-19-26(20(4)5)28(31)18-21(27)6;1-2-4-9-8(3-1)5-10(13-9)11-6-14-7-12-11;1-2-3/h5-7,10-11,15,17,19-20,25,27,32-34,36H,8-9,12-14H2,1-4H3,(H2,30,39)(H,31,38);10-20H,7-9H2,1-6H3;1-4,6-7H,5H2;2-3H2,1H3/p+1/b7-5-,16-6+,18-10+;;;/t15-,17-,19+,20+,25+,27-;;;/m0.../s1. The van der Waals surface area contributed by atoms with E-state index in [1.165, 1.54) is 64.3 Å². The Morgan fingerprint density at radius 1 is 0.920 bits per heavy atom. The first-order chi connectivity index (χ1) is 42.1. The van der Waals surface area contributed by atoms with Crippen LogP contribution in [0.1, 0.15) is 127 Å². The summed E-state index contributed by atoms with van der Waals surface area (Å²) in [6.07, 6.45) is 15.2. The maximum Gasteiger partial charge on any atom is 0.405 e. The molecule has 0 radical (unpaired) electrons. The number of aryl methyl sites for hydroxylation is 2. The quantitative estimate of drug-likeness (QED) is 0.0396. The molecule has 10 N–H and O–H groups in total. The van der Waals surface area contributed by atoms with Crippen molar-refractivity contribution in [2.75, 3.05) is 39.5 Å². The van der Waals surface area contributed by atoms with Crippen LogP contribution in [0.4, 0.5) is 10.5 Å². The fourth-order valence-electron chi connectivity index (χ4n) is 11.0. The van der Waals surface area contributed by atoms with Crippen molar-refractivity contribution in [2.24, 2.45) is 40.1 Å². The third kappa shape index (κ3) is 19.1. The minimum absolute atomic E-state index is 0.0560. The number of aliphatic hydroxyl groups is 4. The molecule has 0 saturated carbocycles. The molecule has 16 nitrogen and oxygen atoms in total. The van der Waals surface area contributed by atoms with Gasteiger partial charge >= 0.3 is 6.09 Å². The molecular formula is C71H91N6O10S+. The number of amides is 2. The lowest BCUT2D eigenvalue weighted by atomic mass is 9.80. The summed E-state index contributed by atoms with van der Waals surface area (Å²) in [5, 5.41) is 56.0. The number of primary amides is 1. The number of nitrogens with one attached hydrogen (secondary N) is 1. The van der Waals surface area contributed by atoms with E-state index in [9.17, 15) is 44.7 Å². The minimum atomic E-state index is -1.06. The molecule has 88 heavy (non-hydrogen) atoms. The average Bonchev–Trinajstić information content (AvgIpc) is 3.86. The zero-order valence-corrected chi connectivity index (χ0v) is 53.7. The number of nitrogens with zero attached hydrogens (tertiary/aromatic N) is 3. The molecule has 4 aliphatic rings. The number of allylic oxidation sites excluding steroid dienone is 9. The van der Waals surface area contributed by atoms with Gasteiger partial charge in [0.1, 0.15) is 24.9 Å². The summed E-state index contributed by atoms with van der Waals surface area (Å²) >= 11 is 1.61. The lowest BCUT2D eigenvalue weighted by Crippen LogP contribution is -2.34. The molecular weight excluding hydrogens is 1130 g/mol. The van der Waals surface area contributed by atoms with Gasteiger partial charge in [-0.2, -0.15) is 0 Å². The van der Waals surface area contributed by atoms with Crippen molar-refractivity contribution in [1.82, 2.24) is 10.3 Å². The van der Waals surface area contributed by atoms with Gasteiger partial charge in [0.05, 0.1) is 47.6 Å². The largest absolute Gasteiger partial charge is 0.508 e. The number of aromatic nitrogens is 1. The highest BCUT2D eigenvalue weighted by atomic mass is 32.1. The van der Waals surface area contributed by atoms with Crippen LogP contribution in [-0.4, -0.2) is 122 Å². The topological polar surface area (TPSA) is 271 Å². The van der Waals surface area contributed by atoms with Crippen molar-refractivity contribution >= 4 is 57.6 Å². The molecule has 6 atom stereocenters. The zero-order valence-electron chi connectivity index (χ0n) is 52.9. The number of benzene rings is 3. The lowest BCUT2D eigenvalue weighted by molar-refractivity contribution is -0.519. The lowest BCUT2D eigenvalue weighted by Gasteiger charge is -2.29. The fraction of sp³-hybridized carbons (Fsp3) is 0.394. The van der Waals surface area contributed by atoms with E-state index < -0.39 is 66.7 Å². The first kappa shape index (κ1) is 71.0. The average molecular weight is 1220 g/mol. The minimum Gasteiger partial charge on any atom is -0.508 e. The first-order valence-corrected chi connectivity index (χ1v) is 31.3. The SMILES string of the molecule is C/C1=C\C=C/[C@H](CO)[C@@H](OC(N)=O)/C(C)=C/[C@H](C)[C@@H](O)[C@@H](CO)C[C@H](C)CC2=C(CO)C(=O)C=C(NC1=O)C2=O.CCN.CCc1ccc(C(=C2C=CC(=[N+](CC)CC)C=C2)c2cc(C(C)C)c(O)cc2C)cc1.c1ccc2c(c1)CC(c1cscn1)=N2. The number of nitrogens with two attached hydrogens (primary N) is 2. The van der Waals surface area contributed by atoms with E-state index in [1.54, 1.807) is 38.2 Å². The number of rotatable bonds is 11. The van der Waals surface area contributed by atoms with E-state index in [4.69, 9.17) is 16.2 Å². The van der Waals surface area contributed by atoms with Crippen molar-refractivity contribution in [1.29, 1.82) is 0 Å². The second kappa shape index (κ2) is 34.7. The Balaban J connectivity index is 0.000000257. The van der Waals surface area contributed by atoms with Crippen molar-refractivity contribution in [3.63, 3.8) is 0 Å². The van der Waals surface area contributed by atoms with E-state index >= 15 is 0 Å². The van der Waals surface area contributed by atoms with E-state index in [1.807, 2.05) is 29.9 Å². The second-order valence-electron chi connectivity index (χ2n) is 22.7. The van der Waals surface area contributed by atoms with Crippen molar-refractivity contribution in [3.05, 3.63) is 199 Å². The Hall–Kier alpha value is -7.77. The van der Waals surface area contributed by atoms with E-state index in [0.717, 1.165) is 66.8 Å². The molecule has 2 aliphatic heterocycles. The highest BCUT2D eigenvalue weighted by Crippen LogP contribution is 2.38. The smallest absolute Gasteiger partial charge is 0.405 e. The van der Waals surface area contributed by atoms with E-state index in [-0.39, 0.29) is 53.7 Å². The number of hydrogen-bond donors (Lipinski definition) is 8. The number of fused-ring (bicyclic) bond motifs is 3. The van der Waals surface area contributed by atoms with Crippen LogP contribution in [0.15, 0.2) is 165 Å². The predicted molar refractivity (Wildman–Crippen MR) is 353 cm³/mol. The molecule has 3 heterocycles. The third-order valence-corrected chi connectivity index (χ3v) is 16.4. The number of aromatic hydroxyl groups is 1. The van der Waals surface area contributed by atoms with Gasteiger partial charge in [-0.05, 0) is 153 Å². The van der Waals surface area contributed by atoms with E-state index in [0.29, 0.717) is 11.3 Å². The molecule has 1 aromatic heterocycles. The number of ketones is 2. The number of para-hydroxylation sites is 1. The Morgan fingerprint density at radius 2 is 1.59 bits per heavy atom. The Labute approximate surface area is 523 Å². The van der Waals surface area contributed by atoms with Gasteiger partial charge in [0, 0.05) is 71.1 Å². The highest BCUT2D eigenvalue weighted by molar-refractivity contribution is 7.07. The summed E-state index contributed by atoms with van der Waals surface area (Å²) < 4.78 is 7.65. The molecule has 0 saturated heterocycles. The number of hydrogen-bond acceptors (Lipinski definition) is 14. The summed E-state index contributed by atoms with van der Waals surface area (Å²) in [4.78, 5) is 59.2. The van der Waals surface area contributed by atoms with Crippen LogP contribution >= 0.6 is 11.3 Å². The number of phenols is 1. The van der Waals surface area contributed by atoms with Crippen LogP contribution in [-0.2, 0) is 32.0 Å². The molecule has 0 spiro atoms. The fourth-order valence-corrected chi connectivity index (χ4v) is 11.5. The van der Waals surface area contributed by atoms with Crippen LogP contribution < -0.4 is 16.8 Å². The van der Waals surface area contributed by atoms with Gasteiger partial charge in [0.15, 0.2) is 11.5 Å². The number of ether oxygens (including phenoxy) is 1. The number of carbonyl (C=O) groups is 4. The molecule has 4 aromatic rings. The van der Waals surface area contributed by atoms with Crippen LogP contribution in [0.3, 0.4) is 0 Å². The molecule has 470 valence electrons. The summed E-state index contributed by atoms with van der Waals surface area (Å²) in [5.41, 5.74) is 26.4. The van der Waals surface area contributed by atoms with Crippen LogP contribution in [0.5, 0.6) is 5.75 Å². The van der Waals surface area contributed by atoms with Crippen molar-refractivity contribution in [2.45, 2.75) is 120 Å². The molecule has 0 fully saturated rings. The third-order valence-electron chi connectivity index (χ3n) is 15.8. The molecule has 3 aromatic carbocycles. The molecule has 0 unspecified atom stereocenters. The second-order valence-corrected chi connectivity index (χ2v) is 23.4. The van der Waals surface area contributed by atoms with Gasteiger partial charge in [-0.3, -0.25) is 19.4 Å². The normalized spacial score (nSPS) is 22.0. The maximum absolute atomic E-state index is 13.3. The van der Waals surface area contributed by atoms with Gasteiger partial charge in [0.25, 0.3) is 5.91 Å². The summed E-state index contributed by atoms with van der Waals surface area (Å²) in [5.74, 6) is -3.37.